The van der Waals surface area contributed by atoms with Crippen molar-refractivity contribution in [2.24, 2.45) is 11.8 Å². The largest absolute Gasteiger partial charge is 0.342 e. The van der Waals surface area contributed by atoms with Crippen molar-refractivity contribution in [3.63, 3.8) is 0 Å². The van der Waals surface area contributed by atoms with Crippen LogP contribution in [0.5, 0.6) is 0 Å². The lowest BCUT2D eigenvalue weighted by Crippen LogP contribution is -2.46. The van der Waals surface area contributed by atoms with Crippen molar-refractivity contribution >= 4 is 5.91 Å². The van der Waals surface area contributed by atoms with E-state index in [4.69, 9.17) is 0 Å². The van der Waals surface area contributed by atoms with Crippen LogP contribution >= 0.6 is 0 Å². The highest BCUT2D eigenvalue weighted by atomic mass is 16.2. The zero-order valence-corrected chi connectivity index (χ0v) is 11.8. The van der Waals surface area contributed by atoms with Crippen molar-refractivity contribution < 1.29 is 4.79 Å². The highest BCUT2D eigenvalue weighted by Crippen LogP contribution is 2.17. The predicted molar refractivity (Wildman–Crippen MR) is 71.9 cm³/mol. The Hall–Kier alpha value is -0.570. The number of amides is 1. The predicted octanol–water partition coefficient (Wildman–Crippen LogP) is 2.27. The van der Waals surface area contributed by atoms with Crippen LogP contribution in [0.3, 0.4) is 0 Å². The minimum absolute atomic E-state index is 0.204. The van der Waals surface area contributed by atoms with E-state index < -0.39 is 0 Å². The Bertz CT molecular complexity index is 234. The molecule has 1 N–H and O–H groups in total. The van der Waals surface area contributed by atoms with Crippen molar-refractivity contribution in [1.82, 2.24) is 10.2 Å². The van der Waals surface area contributed by atoms with E-state index in [0.29, 0.717) is 17.9 Å². The van der Waals surface area contributed by atoms with E-state index in [0.717, 1.165) is 38.9 Å². The lowest BCUT2D eigenvalue weighted by molar-refractivity contribution is -0.136. The molecule has 3 nitrogen and oxygen atoms in total. The molecule has 0 aromatic rings. The third-order valence-corrected chi connectivity index (χ3v) is 3.93. The minimum atomic E-state index is 0.204. The van der Waals surface area contributed by atoms with Crippen LogP contribution in [0.15, 0.2) is 0 Å². The number of nitrogens with one attached hydrogen (secondary N) is 1. The van der Waals surface area contributed by atoms with E-state index in [9.17, 15) is 4.79 Å². The van der Waals surface area contributed by atoms with Gasteiger partial charge in [0.15, 0.2) is 0 Å². The third-order valence-electron chi connectivity index (χ3n) is 3.93. The van der Waals surface area contributed by atoms with E-state index in [1.807, 2.05) is 4.90 Å². The molecule has 1 aliphatic rings. The van der Waals surface area contributed by atoms with Crippen LogP contribution in [-0.4, -0.2) is 36.5 Å². The van der Waals surface area contributed by atoms with Gasteiger partial charge in [-0.15, -0.1) is 0 Å². The van der Waals surface area contributed by atoms with Crippen LogP contribution in [0.4, 0.5) is 0 Å². The Balaban J connectivity index is 2.48. The van der Waals surface area contributed by atoms with Gasteiger partial charge in [0.2, 0.25) is 5.91 Å². The molecule has 100 valence electrons. The Morgan fingerprint density at radius 2 is 2.12 bits per heavy atom. The second-order valence-electron chi connectivity index (χ2n) is 5.47. The number of rotatable bonds is 5. The number of hydrogen-bond acceptors (Lipinski definition) is 2. The lowest BCUT2D eigenvalue weighted by Gasteiger charge is -2.32. The average molecular weight is 240 g/mol. The smallest absolute Gasteiger partial charge is 0.226 e. The summed E-state index contributed by atoms with van der Waals surface area (Å²) in [4.78, 5) is 14.4. The molecule has 1 heterocycles. The van der Waals surface area contributed by atoms with Gasteiger partial charge in [0, 0.05) is 25.7 Å². The van der Waals surface area contributed by atoms with E-state index in [1.54, 1.807) is 0 Å². The molecule has 1 rings (SSSR count). The van der Waals surface area contributed by atoms with Crippen molar-refractivity contribution in [2.75, 3.05) is 19.6 Å². The first-order valence-electron chi connectivity index (χ1n) is 7.10. The Labute approximate surface area is 106 Å². The molecule has 0 spiro atoms. The summed E-state index contributed by atoms with van der Waals surface area (Å²) in [5.41, 5.74) is 0. The van der Waals surface area contributed by atoms with Crippen LogP contribution in [0.1, 0.15) is 47.0 Å². The first kappa shape index (κ1) is 14.5. The maximum Gasteiger partial charge on any atom is 0.226 e. The Morgan fingerprint density at radius 3 is 2.59 bits per heavy atom. The molecule has 17 heavy (non-hydrogen) atoms. The van der Waals surface area contributed by atoms with Crippen LogP contribution in [0.2, 0.25) is 0 Å². The molecule has 1 fully saturated rings. The molecule has 0 aromatic carbocycles. The van der Waals surface area contributed by atoms with Crippen molar-refractivity contribution in [3.05, 3.63) is 0 Å². The van der Waals surface area contributed by atoms with E-state index in [-0.39, 0.29) is 5.92 Å². The summed E-state index contributed by atoms with van der Waals surface area (Å²) in [6.07, 6.45) is 3.31. The first-order chi connectivity index (χ1) is 8.08. The van der Waals surface area contributed by atoms with Gasteiger partial charge in [0.25, 0.3) is 0 Å². The summed E-state index contributed by atoms with van der Waals surface area (Å²) in [6, 6.07) is 0.573. The van der Waals surface area contributed by atoms with E-state index in [2.05, 4.69) is 33.0 Å². The summed E-state index contributed by atoms with van der Waals surface area (Å²) in [7, 11) is 0. The molecule has 0 aromatic heterocycles. The summed E-state index contributed by atoms with van der Waals surface area (Å²) in [6.45, 7) is 11.3. The summed E-state index contributed by atoms with van der Waals surface area (Å²) in [5, 5.41) is 3.41. The van der Waals surface area contributed by atoms with Gasteiger partial charge >= 0.3 is 0 Å². The lowest BCUT2D eigenvalue weighted by atomic mass is 9.94. The van der Waals surface area contributed by atoms with Crippen molar-refractivity contribution in [1.29, 1.82) is 0 Å². The molecule has 0 saturated carbocycles. The maximum absolute atomic E-state index is 12.4. The summed E-state index contributed by atoms with van der Waals surface area (Å²) < 4.78 is 0. The van der Waals surface area contributed by atoms with Gasteiger partial charge in [-0.1, -0.05) is 20.3 Å². The fraction of sp³-hybridized carbons (Fsp3) is 0.929. The monoisotopic (exact) mass is 240 g/mol. The second-order valence-corrected chi connectivity index (χ2v) is 5.47. The van der Waals surface area contributed by atoms with E-state index in [1.165, 1.54) is 0 Å². The number of piperidine rings is 1. The molecular weight excluding hydrogens is 212 g/mol. The minimum Gasteiger partial charge on any atom is -0.342 e. The van der Waals surface area contributed by atoms with Crippen LogP contribution in [0.25, 0.3) is 0 Å². The van der Waals surface area contributed by atoms with Gasteiger partial charge in [-0.2, -0.15) is 0 Å². The highest BCUT2D eigenvalue weighted by Gasteiger charge is 2.27. The number of nitrogens with zero attached hydrogens (tertiary/aromatic N) is 1. The van der Waals surface area contributed by atoms with Crippen LogP contribution in [0, 0.1) is 11.8 Å². The summed E-state index contributed by atoms with van der Waals surface area (Å²) >= 11 is 0. The molecule has 0 bridgehead atoms. The van der Waals surface area contributed by atoms with Gasteiger partial charge < -0.3 is 10.2 Å². The molecule has 0 aliphatic carbocycles. The van der Waals surface area contributed by atoms with Gasteiger partial charge in [0.05, 0.1) is 5.92 Å². The maximum atomic E-state index is 12.4. The van der Waals surface area contributed by atoms with Gasteiger partial charge in [-0.25, -0.2) is 0 Å². The SMILES string of the molecule is CCC(C)CN(CC)C(=O)C1CCC(C)NC1. The fourth-order valence-electron chi connectivity index (χ4n) is 2.35. The van der Waals surface area contributed by atoms with E-state index >= 15 is 0 Å². The second kappa shape index (κ2) is 7.00. The Kier molecular flexibility index (Phi) is 5.96. The fourth-order valence-corrected chi connectivity index (χ4v) is 2.35. The molecular formula is C14H28N2O. The molecule has 1 amide bonds. The van der Waals surface area contributed by atoms with Gasteiger partial charge in [-0.3, -0.25) is 4.79 Å². The Morgan fingerprint density at radius 1 is 1.41 bits per heavy atom. The topological polar surface area (TPSA) is 32.3 Å². The normalized spacial score (nSPS) is 26.6. The number of carbonyl (C=O) groups excluding carboxylic acids is 1. The zero-order valence-electron chi connectivity index (χ0n) is 11.8. The van der Waals surface area contributed by atoms with Crippen molar-refractivity contribution in [2.45, 2.75) is 53.0 Å². The molecule has 1 aliphatic heterocycles. The number of carbonyl (C=O) groups is 1. The highest BCUT2D eigenvalue weighted by molar-refractivity contribution is 5.79. The zero-order chi connectivity index (χ0) is 12.8. The molecule has 3 atom stereocenters. The van der Waals surface area contributed by atoms with Crippen LogP contribution in [-0.2, 0) is 4.79 Å². The van der Waals surface area contributed by atoms with Crippen molar-refractivity contribution in [3.8, 4) is 0 Å². The number of hydrogen-bond donors (Lipinski definition) is 1. The molecule has 1 saturated heterocycles. The van der Waals surface area contributed by atoms with Gasteiger partial charge in [0.1, 0.15) is 0 Å². The summed E-state index contributed by atoms with van der Waals surface area (Å²) in [5.74, 6) is 1.16. The third kappa shape index (κ3) is 4.30. The van der Waals surface area contributed by atoms with Crippen LogP contribution < -0.4 is 5.32 Å². The quantitative estimate of drug-likeness (QED) is 0.799. The average Bonchev–Trinajstić information content (AvgIpc) is 2.35. The molecule has 3 unspecified atom stereocenters. The molecule has 3 heteroatoms. The first-order valence-corrected chi connectivity index (χ1v) is 7.10. The molecule has 0 radical (unpaired) electrons. The van der Waals surface area contributed by atoms with Gasteiger partial charge in [-0.05, 0) is 32.6 Å². The standard InChI is InChI=1S/C14H28N2O/c1-5-11(3)10-16(6-2)14(17)13-8-7-12(4)15-9-13/h11-13,15H,5-10H2,1-4H3.